The Hall–Kier alpha value is -2.47. The van der Waals surface area contributed by atoms with Gasteiger partial charge in [-0.05, 0) is 68.6 Å². The number of terminal acetylenes is 1. The van der Waals surface area contributed by atoms with E-state index in [1.165, 1.54) is 11.1 Å². The SMILES string of the molecule is C#CN/C(=C\C=C(C)C)c1ccc(C2CCC(C(C)C(=O)O)CC2)cc1. The molecule has 1 saturated carbocycles. The van der Waals surface area contributed by atoms with E-state index < -0.39 is 5.97 Å². The van der Waals surface area contributed by atoms with E-state index in [0.29, 0.717) is 11.8 Å². The van der Waals surface area contributed by atoms with Gasteiger partial charge in [0.1, 0.15) is 0 Å². The Morgan fingerprint density at radius 1 is 1.19 bits per heavy atom. The summed E-state index contributed by atoms with van der Waals surface area (Å²) in [5.41, 5.74) is 4.53. The predicted octanol–water partition coefficient (Wildman–Crippen LogP) is 5.17. The molecule has 0 saturated heterocycles. The first-order valence-corrected chi connectivity index (χ1v) is 9.32. The van der Waals surface area contributed by atoms with Crippen LogP contribution in [0.1, 0.15) is 63.5 Å². The zero-order valence-corrected chi connectivity index (χ0v) is 16.0. The van der Waals surface area contributed by atoms with Gasteiger partial charge < -0.3 is 10.4 Å². The Kier molecular flexibility index (Phi) is 7.09. The van der Waals surface area contributed by atoms with Gasteiger partial charge in [-0.25, -0.2) is 0 Å². The van der Waals surface area contributed by atoms with Gasteiger partial charge in [0.15, 0.2) is 0 Å². The highest BCUT2D eigenvalue weighted by molar-refractivity contribution is 5.70. The van der Waals surface area contributed by atoms with Crippen molar-refractivity contribution < 1.29 is 9.90 Å². The molecule has 1 aromatic rings. The first-order valence-electron chi connectivity index (χ1n) is 9.32. The van der Waals surface area contributed by atoms with E-state index in [9.17, 15) is 9.90 Å². The largest absolute Gasteiger partial charge is 0.481 e. The lowest BCUT2D eigenvalue weighted by molar-refractivity contribution is -0.143. The molecule has 0 amide bonds. The highest BCUT2D eigenvalue weighted by Crippen LogP contribution is 2.39. The van der Waals surface area contributed by atoms with Crippen LogP contribution in [0.2, 0.25) is 0 Å². The summed E-state index contributed by atoms with van der Waals surface area (Å²) in [5, 5.41) is 12.2. The normalized spacial score (nSPS) is 21.4. The minimum Gasteiger partial charge on any atom is -0.481 e. The summed E-state index contributed by atoms with van der Waals surface area (Å²) < 4.78 is 0. The summed E-state index contributed by atoms with van der Waals surface area (Å²) in [4.78, 5) is 11.2. The van der Waals surface area contributed by atoms with E-state index in [1.807, 2.05) is 19.1 Å². The topological polar surface area (TPSA) is 49.3 Å². The third kappa shape index (κ3) is 5.26. The van der Waals surface area contributed by atoms with Gasteiger partial charge in [0, 0.05) is 6.04 Å². The molecular formula is C23H29NO2. The second-order valence-corrected chi connectivity index (χ2v) is 7.45. The molecule has 3 heteroatoms. The maximum Gasteiger partial charge on any atom is 0.306 e. The summed E-state index contributed by atoms with van der Waals surface area (Å²) in [6.07, 6.45) is 13.6. The van der Waals surface area contributed by atoms with Gasteiger partial charge in [0.2, 0.25) is 0 Å². The third-order valence-corrected chi connectivity index (χ3v) is 5.35. The number of carbonyl (C=O) groups is 1. The van der Waals surface area contributed by atoms with E-state index >= 15 is 0 Å². The quantitative estimate of drug-likeness (QED) is 0.422. The first kappa shape index (κ1) is 19.8. The standard InChI is InChI=1S/C23H29NO2/c1-5-24-22(15-6-16(2)3)21-13-11-20(12-14-21)19-9-7-18(8-10-19)17(4)23(25)26/h1,6,11-15,17-19,24H,7-10H2,2-4H3,(H,25,26)/b22-15-. The molecule has 1 aromatic carbocycles. The van der Waals surface area contributed by atoms with Gasteiger partial charge in [0.05, 0.1) is 11.6 Å². The minimum absolute atomic E-state index is 0.240. The molecule has 0 aliphatic heterocycles. The number of carboxylic acids is 1. The number of carboxylic acid groups (broad SMARTS) is 1. The van der Waals surface area contributed by atoms with Crippen LogP contribution in [0.3, 0.4) is 0 Å². The monoisotopic (exact) mass is 351 g/mol. The molecule has 2 rings (SSSR count). The Bertz CT molecular complexity index is 710. The second kappa shape index (κ2) is 9.29. The fourth-order valence-electron chi connectivity index (χ4n) is 3.63. The van der Waals surface area contributed by atoms with E-state index in [2.05, 4.69) is 49.5 Å². The highest BCUT2D eigenvalue weighted by atomic mass is 16.4. The average molecular weight is 351 g/mol. The van der Waals surface area contributed by atoms with Gasteiger partial charge in [-0.3, -0.25) is 4.79 Å². The Labute approximate surface area is 157 Å². The fraction of sp³-hybridized carbons (Fsp3) is 0.435. The Balaban J connectivity index is 2.06. The van der Waals surface area contributed by atoms with Crippen molar-refractivity contribution in [2.75, 3.05) is 0 Å². The van der Waals surface area contributed by atoms with Crippen LogP contribution in [-0.4, -0.2) is 11.1 Å². The number of nitrogens with one attached hydrogen (secondary N) is 1. The highest BCUT2D eigenvalue weighted by Gasteiger charge is 2.29. The van der Waals surface area contributed by atoms with E-state index in [0.717, 1.165) is 36.9 Å². The molecule has 0 spiro atoms. The molecule has 1 atom stereocenters. The van der Waals surface area contributed by atoms with Gasteiger partial charge in [-0.1, -0.05) is 49.3 Å². The molecule has 3 nitrogen and oxygen atoms in total. The number of rotatable bonds is 6. The fourth-order valence-corrected chi connectivity index (χ4v) is 3.63. The second-order valence-electron chi connectivity index (χ2n) is 7.45. The van der Waals surface area contributed by atoms with Gasteiger partial charge in [-0.15, -0.1) is 0 Å². The number of hydrogen-bond donors (Lipinski definition) is 2. The molecule has 26 heavy (non-hydrogen) atoms. The summed E-state index contributed by atoms with van der Waals surface area (Å²) >= 11 is 0. The molecule has 1 aliphatic rings. The van der Waals surface area contributed by atoms with Crippen molar-refractivity contribution in [3.05, 3.63) is 53.1 Å². The van der Waals surface area contributed by atoms with Crippen LogP contribution in [0, 0.1) is 24.3 Å². The summed E-state index contributed by atoms with van der Waals surface area (Å²) in [6, 6.07) is 11.1. The lowest BCUT2D eigenvalue weighted by Gasteiger charge is -2.31. The average Bonchev–Trinajstić information content (AvgIpc) is 2.64. The van der Waals surface area contributed by atoms with Gasteiger partial charge >= 0.3 is 5.97 Å². The predicted molar refractivity (Wildman–Crippen MR) is 107 cm³/mol. The molecule has 138 valence electrons. The van der Waals surface area contributed by atoms with Crippen LogP contribution in [-0.2, 0) is 4.79 Å². The molecule has 0 radical (unpaired) electrons. The zero-order chi connectivity index (χ0) is 19.1. The molecule has 0 bridgehead atoms. The van der Waals surface area contributed by atoms with Crippen molar-refractivity contribution in [2.45, 2.75) is 52.4 Å². The first-order chi connectivity index (χ1) is 12.4. The van der Waals surface area contributed by atoms with Crippen LogP contribution in [0.15, 0.2) is 42.0 Å². The molecule has 1 fully saturated rings. The number of hydrogen-bond acceptors (Lipinski definition) is 2. The molecule has 1 aliphatic carbocycles. The van der Waals surface area contributed by atoms with Crippen molar-refractivity contribution in [3.63, 3.8) is 0 Å². The molecule has 0 aromatic heterocycles. The number of aliphatic carboxylic acids is 1. The number of allylic oxidation sites excluding steroid dienone is 3. The zero-order valence-electron chi connectivity index (χ0n) is 16.0. The van der Waals surface area contributed by atoms with Crippen LogP contribution in [0.5, 0.6) is 0 Å². The van der Waals surface area contributed by atoms with Crippen LogP contribution >= 0.6 is 0 Å². The summed E-state index contributed by atoms with van der Waals surface area (Å²) in [7, 11) is 0. The van der Waals surface area contributed by atoms with E-state index in [-0.39, 0.29) is 5.92 Å². The molecule has 0 heterocycles. The van der Waals surface area contributed by atoms with Crippen LogP contribution in [0.25, 0.3) is 5.70 Å². The summed E-state index contributed by atoms with van der Waals surface area (Å²) in [6.45, 7) is 5.93. The van der Waals surface area contributed by atoms with E-state index in [1.54, 1.807) is 0 Å². The third-order valence-electron chi connectivity index (χ3n) is 5.35. The minimum atomic E-state index is -0.672. The van der Waals surface area contributed by atoms with Crippen molar-refractivity contribution >= 4 is 11.7 Å². The molecule has 2 N–H and O–H groups in total. The maximum atomic E-state index is 11.2. The van der Waals surface area contributed by atoms with Crippen LogP contribution in [0.4, 0.5) is 0 Å². The smallest absolute Gasteiger partial charge is 0.306 e. The van der Waals surface area contributed by atoms with E-state index in [4.69, 9.17) is 6.42 Å². The number of benzene rings is 1. The lowest BCUT2D eigenvalue weighted by Crippen LogP contribution is -2.24. The summed E-state index contributed by atoms with van der Waals surface area (Å²) in [5.74, 6) is -0.0843. The lowest BCUT2D eigenvalue weighted by atomic mass is 9.74. The van der Waals surface area contributed by atoms with Crippen molar-refractivity contribution in [3.8, 4) is 12.5 Å². The van der Waals surface area contributed by atoms with Crippen molar-refractivity contribution in [2.24, 2.45) is 11.8 Å². The Morgan fingerprint density at radius 3 is 2.31 bits per heavy atom. The van der Waals surface area contributed by atoms with Gasteiger partial charge in [0.25, 0.3) is 0 Å². The van der Waals surface area contributed by atoms with Crippen molar-refractivity contribution in [1.29, 1.82) is 0 Å². The Morgan fingerprint density at radius 2 is 1.81 bits per heavy atom. The molecule has 1 unspecified atom stereocenters. The van der Waals surface area contributed by atoms with Gasteiger partial charge in [-0.2, -0.15) is 0 Å². The van der Waals surface area contributed by atoms with Crippen LogP contribution < -0.4 is 5.32 Å². The van der Waals surface area contributed by atoms with Crippen molar-refractivity contribution in [1.82, 2.24) is 5.32 Å². The molecular weight excluding hydrogens is 322 g/mol. The maximum absolute atomic E-state index is 11.2.